The molecule has 2 nitrogen and oxygen atoms in total. The zero-order valence-corrected chi connectivity index (χ0v) is 10.7. The Balaban J connectivity index is 1.98. The molecule has 0 saturated heterocycles. The maximum absolute atomic E-state index is 12.0. The number of anilines is 1. The zero-order chi connectivity index (χ0) is 13.0. The van der Waals surface area contributed by atoms with Crippen molar-refractivity contribution >= 4 is 11.5 Å². The van der Waals surface area contributed by atoms with E-state index in [0.29, 0.717) is 6.54 Å². The summed E-state index contributed by atoms with van der Waals surface area (Å²) in [7, 11) is 0. The maximum atomic E-state index is 12.0. The third-order valence-electron chi connectivity index (χ3n) is 2.84. The van der Waals surface area contributed by atoms with Crippen molar-refractivity contribution in [3.63, 3.8) is 0 Å². The monoisotopic (exact) mass is 239 g/mol. The molecule has 0 aliphatic carbocycles. The highest BCUT2D eigenvalue weighted by molar-refractivity contribution is 5.98. The second-order valence-electron chi connectivity index (χ2n) is 4.51. The Morgan fingerprint density at radius 3 is 2.39 bits per heavy atom. The molecule has 0 aliphatic heterocycles. The highest BCUT2D eigenvalue weighted by Crippen LogP contribution is 2.10. The molecule has 0 spiro atoms. The van der Waals surface area contributed by atoms with Gasteiger partial charge in [0, 0.05) is 11.3 Å². The quantitative estimate of drug-likeness (QED) is 0.826. The van der Waals surface area contributed by atoms with E-state index in [1.54, 1.807) is 0 Å². The van der Waals surface area contributed by atoms with Gasteiger partial charge in [-0.05, 0) is 31.5 Å². The van der Waals surface area contributed by atoms with E-state index in [9.17, 15) is 4.79 Å². The van der Waals surface area contributed by atoms with Gasteiger partial charge in [0.15, 0.2) is 5.78 Å². The molecule has 0 aromatic heterocycles. The number of aryl methyl sites for hydroxylation is 2. The van der Waals surface area contributed by atoms with Crippen LogP contribution in [0.25, 0.3) is 0 Å². The summed E-state index contributed by atoms with van der Waals surface area (Å²) in [6.45, 7) is 4.37. The number of nitrogens with one attached hydrogen (secondary N) is 1. The smallest absolute Gasteiger partial charge is 0.181 e. The Morgan fingerprint density at radius 1 is 1.00 bits per heavy atom. The van der Waals surface area contributed by atoms with Crippen LogP contribution >= 0.6 is 0 Å². The Bertz CT molecular complexity index is 543. The van der Waals surface area contributed by atoms with Crippen LogP contribution < -0.4 is 5.32 Å². The van der Waals surface area contributed by atoms with Crippen molar-refractivity contribution in [1.29, 1.82) is 0 Å². The van der Waals surface area contributed by atoms with E-state index in [1.807, 2.05) is 62.4 Å². The molecule has 2 heteroatoms. The van der Waals surface area contributed by atoms with E-state index in [2.05, 4.69) is 5.32 Å². The van der Waals surface area contributed by atoms with Crippen molar-refractivity contribution < 1.29 is 4.79 Å². The van der Waals surface area contributed by atoms with Gasteiger partial charge in [-0.15, -0.1) is 0 Å². The number of hydrogen-bond donors (Lipinski definition) is 1. The lowest BCUT2D eigenvalue weighted by Crippen LogP contribution is -2.13. The average molecular weight is 239 g/mol. The van der Waals surface area contributed by atoms with Gasteiger partial charge in [-0.2, -0.15) is 0 Å². The lowest BCUT2D eigenvalue weighted by atomic mass is 10.1. The number of benzene rings is 2. The van der Waals surface area contributed by atoms with Crippen molar-refractivity contribution in [2.45, 2.75) is 13.8 Å². The minimum absolute atomic E-state index is 0.108. The summed E-state index contributed by atoms with van der Waals surface area (Å²) >= 11 is 0. The molecule has 92 valence electrons. The lowest BCUT2D eigenvalue weighted by molar-refractivity contribution is 0.101. The predicted molar refractivity (Wildman–Crippen MR) is 75.2 cm³/mol. The van der Waals surface area contributed by atoms with Gasteiger partial charge in [-0.25, -0.2) is 0 Å². The zero-order valence-electron chi connectivity index (χ0n) is 10.7. The Labute approximate surface area is 108 Å². The summed E-state index contributed by atoms with van der Waals surface area (Å²) in [6.07, 6.45) is 0. The minimum Gasteiger partial charge on any atom is -0.378 e. The van der Waals surface area contributed by atoms with Gasteiger partial charge in [0.25, 0.3) is 0 Å². The summed E-state index contributed by atoms with van der Waals surface area (Å²) < 4.78 is 0. The number of Topliss-reactive ketones (excluding diaryl/α,β-unsaturated/α-hetero) is 1. The molecular weight excluding hydrogens is 222 g/mol. The molecule has 2 aromatic rings. The fraction of sp³-hybridized carbons (Fsp3) is 0.188. The molecule has 18 heavy (non-hydrogen) atoms. The molecule has 0 amide bonds. The number of carbonyl (C=O) groups excluding carboxylic acids is 1. The summed E-state index contributed by atoms with van der Waals surface area (Å²) in [5.41, 5.74) is 4.08. The molecular formula is C16H17NO. The molecule has 1 N–H and O–H groups in total. The molecule has 0 bridgehead atoms. The Hall–Kier alpha value is -2.09. The average Bonchev–Trinajstić information content (AvgIpc) is 2.37. The van der Waals surface area contributed by atoms with Gasteiger partial charge >= 0.3 is 0 Å². The van der Waals surface area contributed by atoms with Gasteiger partial charge in [-0.3, -0.25) is 4.79 Å². The van der Waals surface area contributed by atoms with E-state index in [4.69, 9.17) is 0 Å². The first-order valence-electron chi connectivity index (χ1n) is 6.05. The van der Waals surface area contributed by atoms with E-state index in [0.717, 1.165) is 16.8 Å². The van der Waals surface area contributed by atoms with Crippen molar-refractivity contribution in [2.24, 2.45) is 0 Å². The van der Waals surface area contributed by atoms with Crippen molar-refractivity contribution in [3.8, 4) is 0 Å². The van der Waals surface area contributed by atoms with Crippen molar-refractivity contribution in [3.05, 3.63) is 65.2 Å². The Kier molecular flexibility index (Phi) is 3.78. The van der Waals surface area contributed by atoms with Crippen LogP contribution in [0.4, 0.5) is 5.69 Å². The van der Waals surface area contributed by atoms with Gasteiger partial charge in [0.2, 0.25) is 0 Å². The van der Waals surface area contributed by atoms with Crippen LogP contribution in [-0.4, -0.2) is 12.3 Å². The fourth-order valence-corrected chi connectivity index (χ4v) is 1.78. The van der Waals surface area contributed by atoms with Crippen LogP contribution in [0.3, 0.4) is 0 Å². The second kappa shape index (κ2) is 5.50. The van der Waals surface area contributed by atoms with E-state index < -0.39 is 0 Å². The molecule has 0 fully saturated rings. The third kappa shape index (κ3) is 3.20. The standard InChI is InChI=1S/C16H17NO/c1-12-6-8-14(9-7-12)16(18)11-17-15-5-3-4-13(2)10-15/h3-10,17H,11H2,1-2H3. The van der Waals surface area contributed by atoms with Crippen molar-refractivity contribution in [2.75, 3.05) is 11.9 Å². The predicted octanol–water partition coefficient (Wildman–Crippen LogP) is 3.60. The molecule has 0 heterocycles. The summed E-state index contributed by atoms with van der Waals surface area (Å²) in [5, 5.41) is 3.15. The highest BCUT2D eigenvalue weighted by Gasteiger charge is 2.04. The van der Waals surface area contributed by atoms with Crippen molar-refractivity contribution in [1.82, 2.24) is 0 Å². The topological polar surface area (TPSA) is 29.1 Å². The van der Waals surface area contributed by atoms with Crippen LogP contribution in [-0.2, 0) is 0 Å². The largest absolute Gasteiger partial charge is 0.378 e. The van der Waals surface area contributed by atoms with Crippen LogP contribution in [0.2, 0.25) is 0 Å². The molecule has 0 saturated carbocycles. The van der Waals surface area contributed by atoms with Crippen LogP contribution in [0, 0.1) is 13.8 Å². The molecule has 2 aromatic carbocycles. The first-order chi connectivity index (χ1) is 8.65. The molecule has 0 unspecified atom stereocenters. The second-order valence-corrected chi connectivity index (χ2v) is 4.51. The fourth-order valence-electron chi connectivity index (χ4n) is 1.78. The van der Waals surface area contributed by atoms with E-state index in [1.165, 1.54) is 5.56 Å². The molecule has 2 rings (SSSR count). The maximum Gasteiger partial charge on any atom is 0.181 e. The van der Waals surface area contributed by atoms with E-state index >= 15 is 0 Å². The number of ketones is 1. The number of hydrogen-bond acceptors (Lipinski definition) is 2. The summed E-state index contributed by atoms with van der Waals surface area (Å²) in [4.78, 5) is 12.0. The highest BCUT2D eigenvalue weighted by atomic mass is 16.1. The first kappa shape index (κ1) is 12.4. The van der Waals surface area contributed by atoms with Gasteiger partial charge in [0.05, 0.1) is 6.54 Å². The molecule has 0 aliphatic rings. The van der Waals surface area contributed by atoms with Crippen LogP contribution in [0.15, 0.2) is 48.5 Å². The van der Waals surface area contributed by atoms with Gasteiger partial charge in [-0.1, -0.05) is 42.0 Å². The van der Waals surface area contributed by atoms with Gasteiger partial charge < -0.3 is 5.32 Å². The van der Waals surface area contributed by atoms with Gasteiger partial charge in [0.1, 0.15) is 0 Å². The third-order valence-corrected chi connectivity index (χ3v) is 2.84. The molecule has 0 atom stereocenters. The van der Waals surface area contributed by atoms with Crippen LogP contribution in [0.1, 0.15) is 21.5 Å². The summed E-state index contributed by atoms with van der Waals surface area (Å²) in [5.74, 6) is 0.108. The lowest BCUT2D eigenvalue weighted by Gasteiger charge is -2.06. The van der Waals surface area contributed by atoms with Crippen LogP contribution in [0.5, 0.6) is 0 Å². The summed E-state index contributed by atoms with van der Waals surface area (Å²) in [6, 6.07) is 15.7. The SMILES string of the molecule is Cc1ccc(C(=O)CNc2cccc(C)c2)cc1. The molecule has 0 radical (unpaired) electrons. The first-order valence-corrected chi connectivity index (χ1v) is 6.05. The minimum atomic E-state index is 0.108. The Morgan fingerprint density at radius 2 is 1.72 bits per heavy atom. The van der Waals surface area contributed by atoms with E-state index in [-0.39, 0.29) is 5.78 Å². The normalized spacial score (nSPS) is 10.1. The number of rotatable bonds is 4. The number of carbonyl (C=O) groups is 1.